The van der Waals surface area contributed by atoms with Crippen molar-refractivity contribution in [3.63, 3.8) is 0 Å². The van der Waals surface area contributed by atoms with Gasteiger partial charge in [-0.15, -0.1) is 0 Å². The fraction of sp³-hybridized carbons (Fsp3) is 0.529. The number of piperidine rings is 1. The minimum atomic E-state index is 0.422. The zero-order chi connectivity index (χ0) is 13.7. The molecule has 0 amide bonds. The van der Waals surface area contributed by atoms with Gasteiger partial charge in [0, 0.05) is 18.2 Å². The highest BCUT2D eigenvalue weighted by Gasteiger charge is 2.24. The fourth-order valence-electron chi connectivity index (χ4n) is 2.79. The molecule has 0 aromatic heterocycles. The Bertz CT molecular complexity index is 470. The lowest BCUT2D eigenvalue weighted by Crippen LogP contribution is -2.41. The maximum Gasteiger partial charge on any atom is 0.0555 e. The summed E-state index contributed by atoms with van der Waals surface area (Å²) in [6.45, 7) is 7.32. The van der Waals surface area contributed by atoms with Gasteiger partial charge < -0.3 is 5.73 Å². The van der Waals surface area contributed by atoms with Gasteiger partial charge in [0.2, 0.25) is 0 Å². The highest BCUT2D eigenvalue weighted by atomic mass is 15.2. The summed E-state index contributed by atoms with van der Waals surface area (Å²) in [5.74, 6) is 6.94. The Morgan fingerprint density at radius 3 is 2.89 bits per heavy atom. The lowest BCUT2D eigenvalue weighted by atomic mass is 9.91. The van der Waals surface area contributed by atoms with Crippen molar-refractivity contribution >= 4 is 0 Å². The Morgan fingerprint density at radius 1 is 1.32 bits per heavy atom. The summed E-state index contributed by atoms with van der Waals surface area (Å²) >= 11 is 0. The topological polar surface area (TPSA) is 29.3 Å². The summed E-state index contributed by atoms with van der Waals surface area (Å²) < 4.78 is 0. The monoisotopic (exact) mass is 256 g/mol. The summed E-state index contributed by atoms with van der Waals surface area (Å²) in [6.07, 6.45) is 2.66. The van der Waals surface area contributed by atoms with Crippen LogP contribution < -0.4 is 5.73 Å². The Kier molecular flexibility index (Phi) is 5.01. The number of hydrogen-bond donors (Lipinski definition) is 1. The molecule has 1 fully saturated rings. The fourth-order valence-corrected chi connectivity index (χ4v) is 2.79. The van der Waals surface area contributed by atoms with E-state index in [9.17, 15) is 0 Å². The van der Waals surface area contributed by atoms with Crippen molar-refractivity contribution in [1.82, 2.24) is 4.90 Å². The minimum Gasteiger partial charge on any atom is -0.320 e. The van der Waals surface area contributed by atoms with Gasteiger partial charge in [-0.2, -0.15) is 0 Å². The van der Waals surface area contributed by atoms with Crippen LogP contribution in [0.4, 0.5) is 0 Å². The maximum absolute atomic E-state index is 5.47. The van der Waals surface area contributed by atoms with Crippen molar-refractivity contribution in [3.8, 4) is 11.8 Å². The van der Waals surface area contributed by atoms with Crippen LogP contribution in [0.3, 0.4) is 0 Å². The van der Waals surface area contributed by atoms with E-state index in [4.69, 9.17) is 5.73 Å². The first-order valence-corrected chi connectivity index (χ1v) is 7.23. The molecular formula is C17H24N2. The smallest absolute Gasteiger partial charge is 0.0555 e. The molecule has 1 saturated heterocycles. The van der Waals surface area contributed by atoms with Crippen molar-refractivity contribution < 1.29 is 0 Å². The van der Waals surface area contributed by atoms with Crippen LogP contribution in [0, 0.1) is 17.8 Å². The number of nitrogens with two attached hydrogens (primary N) is 1. The van der Waals surface area contributed by atoms with E-state index in [1.165, 1.54) is 24.9 Å². The first-order valence-electron chi connectivity index (χ1n) is 7.23. The van der Waals surface area contributed by atoms with Crippen LogP contribution in [-0.2, 0) is 6.54 Å². The highest BCUT2D eigenvalue weighted by molar-refractivity contribution is 5.41. The van der Waals surface area contributed by atoms with Gasteiger partial charge in [0.15, 0.2) is 0 Å². The molecule has 2 heteroatoms. The second kappa shape index (κ2) is 6.75. The van der Waals surface area contributed by atoms with Gasteiger partial charge >= 0.3 is 0 Å². The molecule has 2 nitrogen and oxygen atoms in total. The van der Waals surface area contributed by atoms with E-state index < -0.39 is 0 Å². The third-order valence-corrected chi connectivity index (χ3v) is 4.22. The summed E-state index contributed by atoms with van der Waals surface area (Å²) in [6, 6.07) is 9.08. The summed E-state index contributed by atoms with van der Waals surface area (Å²) in [5, 5.41) is 0. The molecule has 1 heterocycles. The van der Waals surface area contributed by atoms with Crippen molar-refractivity contribution in [3.05, 3.63) is 35.4 Å². The summed E-state index contributed by atoms with van der Waals surface area (Å²) in [4.78, 5) is 2.58. The normalized spacial score (nSPS) is 23.7. The molecule has 2 rings (SSSR count). The molecule has 0 radical (unpaired) electrons. The van der Waals surface area contributed by atoms with E-state index in [0.717, 1.165) is 18.0 Å². The molecule has 2 N–H and O–H groups in total. The molecule has 0 bridgehead atoms. The number of nitrogens with zero attached hydrogens (tertiary/aromatic N) is 1. The molecule has 1 aromatic rings. The molecule has 0 saturated carbocycles. The predicted octanol–water partition coefficient (Wildman–Crippen LogP) is 2.62. The minimum absolute atomic E-state index is 0.422. The predicted molar refractivity (Wildman–Crippen MR) is 80.6 cm³/mol. The van der Waals surface area contributed by atoms with Gasteiger partial charge in [-0.1, -0.05) is 37.0 Å². The Hall–Kier alpha value is -1.30. The van der Waals surface area contributed by atoms with Gasteiger partial charge in [0.1, 0.15) is 0 Å². The number of hydrogen-bond acceptors (Lipinski definition) is 2. The van der Waals surface area contributed by atoms with E-state index in [1.807, 2.05) is 6.07 Å². The largest absolute Gasteiger partial charge is 0.320 e. The van der Waals surface area contributed by atoms with Crippen LogP contribution >= 0.6 is 0 Å². The average Bonchev–Trinajstić information content (AvgIpc) is 2.43. The van der Waals surface area contributed by atoms with Crippen molar-refractivity contribution in [2.45, 2.75) is 39.3 Å². The quantitative estimate of drug-likeness (QED) is 0.824. The number of rotatable bonds is 2. The van der Waals surface area contributed by atoms with Gasteiger partial charge in [0.25, 0.3) is 0 Å². The van der Waals surface area contributed by atoms with Crippen LogP contribution in [0.25, 0.3) is 0 Å². The van der Waals surface area contributed by atoms with Gasteiger partial charge in [-0.05, 0) is 43.9 Å². The standard InChI is InChI=1S/C17H24N2/c1-14-7-6-12-19(15(14)2)13-17-9-4-3-8-16(17)10-5-11-18/h3-4,8-9,14-15H,6-7,11-13,18H2,1-2H3. The second-order valence-electron chi connectivity index (χ2n) is 5.49. The molecule has 0 spiro atoms. The second-order valence-corrected chi connectivity index (χ2v) is 5.49. The molecular weight excluding hydrogens is 232 g/mol. The van der Waals surface area contributed by atoms with Crippen molar-refractivity contribution in [2.75, 3.05) is 13.1 Å². The third-order valence-electron chi connectivity index (χ3n) is 4.22. The van der Waals surface area contributed by atoms with E-state index in [0.29, 0.717) is 12.6 Å². The first kappa shape index (κ1) is 14.1. The maximum atomic E-state index is 5.47. The Morgan fingerprint density at radius 2 is 2.11 bits per heavy atom. The van der Waals surface area contributed by atoms with Gasteiger partial charge in [-0.3, -0.25) is 4.90 Å². The van der Waals surface area contributed by atoms with E-state index in [-0.39, 0.29) is 0 Å². The van der Waals surface area contributed by atoms with E-state index in [1.54, 1.807) is 0 Å². The zero-order valence-electron chi connectivity index (χ0n) is 12.0. The molecule has 1 aliphatic rings. The van der Waals surface area contributed by atoms with Crippen molar-refractivity contribution in [2.24, 2.45) is 11.7 Å². The van der Waals surface area contributed by atoms with Crippen LogP contribution in [0.1, 0.15) is 37.8 Å². The lowest BCUT2D eigenvalue weighted by Gasteiger charge is -2.38. The third kappa shape index (κ3) is 3.59. The zero-order valence-corrected chi connectivity index (χ0v) is 12.0. The summed E-state index contributed by atoms with van der Waals surface area (Å²) in [7, 11) is 0. The Labute approximate surface area is 117 Å². The van der Waals surface area contributed by atoms with Gasteiger partial charge in [0.05, 0.1) is 6.54 Å². The average molecular weight is 256 g/mol. The van der Waals surface area contributed by atoms with Gasteiger partial charge in [-0.25, -0.2) is 0 Å². The van der Waals surface area contributed by atoms with E-state index in [2.05, 4.69) is 48.8 Å². The van der Waals surface area contributed by atoms with Crippen LogP contribution in [0.2, 0.25) is 0 Å². The van der Waals surface area contributed by atoms with Crippen LogP contribution in [-0.4, -0.2) is 24.0 Å². The SMILES string of the molecule is CC1CCCN(Cc2ccccc2C#CCN)C1C. The number of likely N-dealkylation sites (tertiary alicyclic amines) is 1. The lowest BCUT2D eigenvalue weighted by molar-refractivity contribution is 0.106. The molecule has 2 atom stereocenters. The molecule has 19 heavy (non-hydrogen) atoms. The van der Waals surface area contributed by atoms with Crippen LogP contribution in [0.15, 0.2) is 24.3 Å². The molecule has 0 aliphatic carbocycles. The summed E-state index contributed by atoms with van der Waals surface area (Å²) in [5.41, 5.74) is 7.91. The Balaban J connectivity index is 2.14. The molecule has 2 unspecified atom stereocenters. The first-order chi connectivity index (χ1) is 9.22. The van der Waals surface area contributed by atoms with Crippen LogP contribution in [0.5, 0.6) is 0 Å². The molecule has 1 aromatic carbocycles. The molecule has 1 aliphatic heterocycles. The van der Waals surface area contributed by atoms with E-state index >= 15 is 0 Å². The highest BCUT2D eigenvalue weighted by Crippen LogP contribution is 2.25. The van der Waals surface area contributed by atoms with Crippen molar-refractivity contribution in [1.29, 1.82) is 0 Å². The molecule has 102 valence electrons. The number of benzene rings is 1.